The highest BCUT2D eigenvalue weighted by molar-refractivity contribution is 6.31. The molecule has 1 aliphatic heterocycles. The molecule has 5 nitrogen and oxygen atoms in total. The minimum atomic E-state index is -4.35. The summed E-state index contributed by atoms with van der Waals surface area (Å²) >= 11 is 5.29. The largest absolute Gasteiger partial charge is 0.417 e. The van der Waals surface area contributed by atoms with Gasteiger partial charge in [0.25, 0.3) is 0 Å². The van der Waals surface area contributed by atoms with E-state index in [9.17, 15) is 22.4 Å². The molecule has 1 atom stereocenters. The van der Waals surface area contributed by atoms with Crippen molar-refractivity contribution in [3.05, 3.63) is 76.7 Å². The first-order chi connectivity index (χ1) is 14.2. The number of rotatable bonds is 2. The molecular formula is C20H17ClF4N4O. The fraction of sp³-hybridized carbons (Fsp3) is 0.250. The third kappa shape index (κ3) is 4.62. The first-order valence-electron chi connectivity index (χ1n) is 8.93. The monoisotopic (exact) mass is 440 g/mol. The second kappa shape index (κ2) is 8.83. The molecule has 158 valence electrons. The van der Waals surface area contributed by atoms with E-state index in [1.165, 1.54) is 30.5 Å². The van der Waals surface area contributed by atoms with Crippen LogP contribution in [0.5, 0.6) is 0 Å². The molecule has 0 bridgehead atoms. The predicted molar refractivity (Wildman–Crippen MR) is 103 cm³/mol. The van der Waals surface area contributed by atoms with Crippen molar-refractivity contribution in [2.75, 3.05) is 6.54 Å². The van der Waals surface area contributed by atoms with E-state index in [0.29, 0.717) is 12.4 Å². The fourth-order valence-corrected chi connectivity index (χ4v) is 3.36. The van der Waals surface area contributed by atoms with Crippen molar-refractivity contribution in [3.63, 3.8) is 0 Å². The van der Waals surface area contributed by atoms with E-state index in [1.54, 1.807) is 17.3 Å². The average Bonchev–Trinajstić information content (AvgIpc) is 3.14. The van der Waals surface area contributed by atoms with Crippen molar-refractivity contribution in [2.45, 2.75) is 25.6 Å². The standard InChI is InChI=1S/C13H13FN4O.C7H4ClF3/c1-9-13-11(4-5-17(9)8-19)18(7-16-13)12-3-2-10(14)6-15-12;8-6-4-2-1-3-5(6)7(9,10)11/h2-3,6-9H,4-5H2,1H3;1-4H. The van der Waals surface area contributed by atoms with Gasteiger partial charge in [0.15, 0.2) is 0 Å². The molecule has 2 aromatic heterocycles. The van der Waals surface area contributed by atoms with Crippen LogP contribution in [0.2, 0.25) is 5.02 Å². The van der Waals surface area contributed by atoms with Gasteiger partial charge in [-0.25, -0.2) is 14.4 Å². The predicted octanol–water partition coefficient (Wildman–Crippen LogP) is 4.84. The summed E-state index contributed by atoms with van der Waals surface area (Å²) in [6, 6.07) is 7.87. The topological polar surface area (TPSA) is 51.0 Å². The van der Waals surface area contributed by atoms with Crippen LogP contribution < -0.4 is 0 Å². The maximum Gasteiger partial charge on any atom is 0.417 e. The number of hydrogen-bond acceptors (Lipinski definition) is 3. The molecule has 0 saturated carbocycles. The molecular weight excluding hydrogens is 424 g/mol. The van der Waals surface area contributed by atoms with E-state index < -0.39 is 11.7 Å². The highest BCUT2D eigenvalue weighted by Crippen LogP contribution is 2.34. The number of amides is 1. The van der Waals surface area contributed by atoms with Crippen LogP contribution in [0, 0.1) is 5.82 Å². The highest BCUT2D eigenvalue weighted by atomic mass is 35.5. The third-order valence-electron chi connectivity index (χ3n) is 4.67. The summed E-state index contributed by atoms with van der Waals surface area (Å²) in [6.45, 7) is 2.60. The van der Waals surface area contributed by atoms with Crippen LogP contribution in [-0.4, -0.2) is 32.4 Å². The van der Waals surface area contributed by atoms with E-state index in [4.69, 9.17) is 11.6 Å². The first-order valence-corrected chi connectivity index (χ1v) is 9.31. The maximum atomic E-state index is 12.9. The number of imidazole rings is 1. The lowest BCUT2D eigenvalue weighted by atomic mass is 10.1. The van der Waals surface area contributed by atoms with Crippen molar-refractivity contribution in [1.29, 1.82) is 0 Å². The first kappa shape index (κ1) is 21.8. The zero-order valence-electron chi connectivity index (χ0n) is 15.8. The Bertz CT molecular complexity index is 1020. The van der Waals surface area contributed by atoms with Gasteiger partial charge in [0.2, 0.25) is 6.41 Å². The third-order valence-corrected chi connectivity index (χ3v) is 5.00. The Kier molecular flexibility index (Phi) is 6.40. The number of fused-ring (bicyclic) bond motifs is 1. The van der Waals surface area contributed by atoms with Crippen molar-refractivity contribution in [2.24, 2.45) is 0 Å². The summed E-state index contributed by atoms with van der Waals surface area (Å²) in [7, 11) is 0. The molecule has 0 spiro atoms. The molecule has 1 aliphatic rings. The summed E-state index contributed by atoms with van der Waals surface area (Å²) in [5.41, 5.74) is 1.12. The van der Waals surface area contributed by atoms with Crippen LogP contribution in [-0.2, 0) is 17.4 Å². The normalized spacial score (nSPS) is 15.8. The van der Waals surface area contributed by atoms with Gasteiger partial charge in [0.05, 0.1) is 34.2 Å². The Morgan fingerprint density at radius 2 is 1.90 bits per heavy atom. The summed E-state index contributed by atoms with van der Waals surface area (Å²) in [5, 5.41) is -0.264. The molecule has 0 fully saturated rings. The number of alkyl halides is 3. The van der Waals surface area contributed by atoms with Crippen LogP contribution in [0.4, 0.5) is 17.6 Å². The lowest BCUT2D eigenvalue weighted by Gasteiger charge is -2.29. The Labute approximate surface area is 174 Å². The number of benzene rings is 1. The van der Waals surface area contributed by atoms with Crippen LogP contribution in [0.15, 0.2) is 48.9 Å². The lowest BCUT2D eigenvalue weighted by Crippen LogP contribution is -2.33. The molecule has 3 heterocycles. The molecule has 1 unspecified atom stereocenters. The van der Waals surface area contributed by atoms with Crippen LogP contribution in [0.25, 0.3) is 5.82 Å². The van der Waals surface area contributed by atoms with Gasteiger partial charge in [-0.3, -0.25) is 9.36 Å². The van der Waals surface area contributed by atoms with Gasteiger partial charge in [-0.15, -0.1) is 0 Å². The minimum absolute atomic E-state index is 0.0389. The number of halogens is 5. The zero-order chi connectivity index (χ0) is 21.9. The van der Waals surface area contributed by atoms with Crippen molar-refractivity contribution in [1.82, 2.24) is 19.4 Å². The fourth-order valence-electron chi connectivity index (χ4n) is 3.11. The van der Waals surface area contributed by atoms with Crippen LogP contribution >= 0.6 is 11.6 Å². The molecule has 0 saturated heterocycles. The van der Waals surface area contributed by atoms with Crippen LogP contribution in [0.1, 0.15) is 29.9 Å². The van der Waals surface area contributed by atoms with E-state index in [1.807, 2.05) is 11.5 Å². The minimum Gasteiger partial charge on any atom is -0.336 e. The quantitative estimate of drug-likeness (QED) is 0.423. The SMILES string of the molecule is CC1c2ncn(-c3ccc(F)cn3)c2CCN1C=O.FC(F)(F)c1ccccc1Cl. The van der Waals surface area contributed by atoms with Gasteiger partial charge in [0.1, 0.15) is 18.0 Å². The van der Waals surface area contributed by atoms with E-state index in [2.05, 4.69) is 9.97 Å². The van der Waals surface area contributed by atoms with E-state index in [0.717, 1.165) is 30.3 Å². The Morgan fingerprint density at radius 1 is 1.17 bits per heavy atom. The lowest BCUT2D eigenvalue weighted by molar-refractivity contribution is -0.137. The second-order valence-corrected chi connectivity index (χ2v) is 6.94. The summed E-state index contributed by atoms with van der Waals surface area (Å²) in [6.07, 6.45) is 0.0833. The number of pyridine rings is 1. The summed E-state index contributed by atoms with van der Waals surface area (Å²) < 4.78 is 50.6. The van der Waals surface area contributed by atoms with Crippen molar-refractivity contribution >= 4 is 18.0 Å². The average molecular weight is 441 g/mol. The molecule has 0 N–H and O–H groups in total. The zero-order valence-corrected chi connectivity index (χ0v) is 16.5. The number of hydrogen-bond donors (Lipinski definition) is 0. The van der Waals surface area contributed by atoms with Crippen molar-refractivity contribution in [3.8, 4) is 5.82 Å². The summed E-state index contributed by atoms with van der Waals surface area (Å²) in [5.74, 6) is 0.278. The second-order valence-electron chi connectivity index (χ2n) is 6.53. The molecule has 0 radical (unpaired) electrons. The van der Waals surface area contributed by atoms with E-state index >= 15 is 0 Å². The molecule has 10 heteroatoms. The summed E-state index contributed by atoms with van der Waals surface area (Å²) in [4.78, 5) is 21.1. The number of carbonyl (C=O) groups is 1. The molecule has 4 rings (SSSR count). The van der Waals surface area contributed by atoms with Gasteiger partial charge in [0, 0.05) is 13.0 Å². The molecule has 0 aliphatic carbocycles. The molecule has 1 amide bonds. The van der Waals surface area contributed by atoms with Gasteiger partial charge in [-0.1, -0.05) is 23.7 Å². The Balaban J connectivity index is 0.000000199. The Morgan fingerprint density at radius 3 is 2.47 bits per heavy atom. The van der Waals surface area contributed by atoms with Gasteiger partial charge < -0.3 is 4.90 Å². The Hall–Kier alpha value is -2.94. The molecule has 30 heavy (non-hydrogen) atoms. The smallest absolute Gasteiger partial charge is 0.336 e. The van der Waals surface area contributed by atoms with Gasteiger partial charge in [-0.2, -0.15) is 13.2 Å². The molecule has 3 aromatic rings. The van der Waals surface area contributed by atoms with Crippen molar-refractivity contribution < 1.29 is 22.4 Å². The van der Waals surface area contributed by atoms with Gasteiger partial charge in [-0.05, 0) is 31.2 Å². The molecule has 1 aromatic carbocycles. The van der Waals surface area contributed by atoms with Crippen LogP contribution in [0.3, 0.4) is 0 Å². The number of aromatic nitrogens is 3. The number of carbonyl (C=O) groups excluding carboxylic acids is 1. The number of nitrogens with zero attached hydrogens (tertiary/aromatic N) is 4. The highest BCUT2D eigenvalue weighted by Gasteiger charge is 2.32. The maximum absolute atomic E-state index is 12.9. The van der Waals surface area contributed by atoms with E-state index in [-0.39, 0.29) is 16.9 Å². The van der Waals surface area contributed by atoms with Gasteiger partial charge >= 0.3 is 6.18 Å².